The average Bonchev–Trinajstić information content (AvgIpc) is 2.77. The van der Waals surface area contributed by atoms with Crippen molar-refractivity contribution < 1.29 is 19.4 Å². The molecule has 18 heavy (non-hydrogen) atoms. The fraction of sp³-hybridized carbons (Fsp3) is 0.0909. The molecule has 94 valence electrons. The van der Waals surface area contributed by atoms with Crippen LogP contribution >= 0.6 is 31.9 Å². The number of nitrogens with zero attached hydrogens (tertiary/aromatic N) is 1. The van der Waals surface area contributed by atoms with Gasteiger partial charge in [0.1, 0.15) is 5.56 Å². The minimum Gasteiger partial charge on any atom is -0.478 e. The third-order valence-corrected chi connectivity index (χ3v) is 3.34. The van der Waals surface area contributed by atoms with Gasteiger partial charge >= 0.3 is 5.97 Å². The first-order chi connectivity index (χ1) is 8.50. The number of carbonyl (C=O) groups is 1. The number of aliphatic hydroxyl groups excluding tert-OH is 1. The zero-order chi connectivity index (χ0) is 13.3. The molecule has 0 fully saturated rings. The first kappa shape index (κ1) is 13.3. The van der Waals surface area contributed by atoms with Crippen molar-refractivity contribution in [3.05, 3.63) is 50.6 Å². The molecule has 2 heterocycles. The van der Waals surface area contributed by atoms with E-state index in [0.29, 0.717) is 4.47 Å². The number of hydrogen-bond acceptors (Lipinski definition) is 4. The van der Waals surface area contributed by atoms with Crippen LogP contribution in [0.15, 0.2) is 38.0 Å². The van der Waals surface area contributed by atoms with E-state index in [1.54, 1.807) is 6.07 Å². The van der Waals surface area contributed by atoms with Crippen molar-refractivity contribution in [3.63, 3.8) is 0 Å². The predicted octanol–water partition coefficient (Wildman–Crippen LogP) is 2.98. The molecule has 1 atom stereocenters. The van der Waals surface area contributed by atoms with Crippen molar-refractivity contribution in [3.8, 4) is 0 Å². The maximum atomic E-state index is 10.9. The average molecular weight is 377 g/mol. The fourth-order valence-electron chi connectivity index (χ4n) is 1.46. The lowest BCUT2D eigenvalue weighted by molar-refractivity contribution is 0.0687. The Morgan fingerprint density at radius 1 is 1.44 bits per heavy atom. The Morgan fingerprint density at radius 2 is 2.17 bits per heavy atom. The molecule has 1 unspecified atom stereocenters. The Labute approximate surface area is 119 Å². The summed E-state index contributed by atoms with van der Waals surface area (Å²) in [6.07, 6.45) is 1.48. The fourth-order valence-corrected chi connectivity index (χ4v) is 2.66. The number of carboxylic acids is 1. The SMILES string of the molecule is O=C(O)c1ccoc1C(O)c1ncc(Br)cc1Br. The maximum absolute atomic E-state index is 10.9. The van der Waals surface area contributed by atoms with E-state index in [1.807, 2.05) is 0 Å². The summed E-state index contributed by atoms with van der Waals surface area (Å²) in [5, 5.41) is 19.1. The second-order valence-corrected chi connectivity index (χ2v) is 5.20. The van der Waals surface area contributed by atoms with E-state index in [1.165, 1.54) is 18.5 Å². The molecule has 0 aliphatic heterocycles. The first-order valence-electron chi connectivity index (χ1n) is 4.80. The van der Waals surface area contributed by atoms with Gasteiger partial charge in [-0.1, -0.05) is 0 Å². The Morgan fingerprint density at radius 3 is 2.78 bits per heavy atom. The molecule has 0 amide bonds. The van der Waals surface area contributed by atoms with Gasteiger partial charge in [-0.2, -0.15) is 0 Å². The lowest BCUT2D eigenvalue weighted by Gasteiger charge is -2.10. The molecule has 0 saturated heterocycles. The summed E-state index contributed by atoms with van der Waals surface area (Å²) in [5.41, 5.74) is 0.203. The minimum absolute atomic E-state index is 0.0435. The third kappa shape index (κ3) is 2.47. The summed E-state index contributed by atoms with van der Waals surface area (Å²) in [7, 11) is 0. The number of rotatable bonds is 3. The van der Waals surface area contributed by atoms with Gasteiger partial charge in [-0.15, -0.1) is 0 Å². The summed E-state index contributed by atoms with van der Waals surface area (Å²) in [5.74, 6) is -1.20. The number of aliphatic hydroxyl groups is 1. The zero-order valence-corrected chi connectivity index (χ0v) is 12.0. The molecule has 0 saturated carbocycles. The molecule has 0 aliphatic rings. The molecular formula is C11H7Br2NO4. The quantitative estimate of drug-likeness (QED) is 0.860. The van der Waals surface area contributed by atoms with Gasteiger partial charge in [0, 0.05) is 15.1 Å². The first-order valence-corrected chi connectivity index (χ1v) is 6.39. The number of aromatic nitrogens is 1. The van der Waals surface area contributed by atoms with Crippen molar-refractivity contribution >= 4 is 37.8 Å². The second kappa shape index (κ2) is 5.21. The molecule has 5 nitrogen and oxygen atoms in total. The molecule has 2 N–H and O–H groups in total. The number of pyridine rings is 1. The summed E-state index contributed by atoms with van der Waals surface area (Å²) in [6, 6.07) is 2.99. The van der Waals surface area contributed by atoms with Gasteiger partial charge in [0.15, 0.2) is 11.9 Å². The zero-order valence-electron chi connectivity index (χ0n) is 8.80. The second-order valence-electron chi connectivity index (χ2n) is 3.43. The summed E-state index contributed by atoms with van der Waals surface area (Å²) in [4.78, 5) is 15.0. The highest BCUT2D eigenvalue weighted by Crippen LogP contribution is 2.30. The summed E-state index contributed by atoms with van der Waals surface area (Å²) < 4.78 is 6.32. The van der Waals surface area contributed by atoms with Crippen molar-refractivity contribution in [2.24, 2.45) is 0 Å². The minimum atomic E-state index is -1.24. The Balaban J connectivity index is 2.44. The maximum Gasteiger partial charge on any atom is 0.339 e. The van der Waals surface area contributed by atoms with Crippen molar-refractivity contribution in [1.82, 2.24) is 4.98 Å². The number of furan rings is 1. The largest absolute Gasteiger partial charge is 0.478 e. The van der Waals surface area contributed by atoms with Gasteiger partial charge in [0.2, 0.25) is 0 Å². The highest BCUT2D eigenvalue weighted by atomic mass is 79.9. The molecule has 2 rings (SSSR count). The van der Waals surface area contributed by atoms with Crippen LogP contribution in [0.5, 0.6) is 0 Å². The Bertz CT molecular complexity index is 596. The van der Waals surface area contributed by atoms with E-state index in [0.717, 1.165) is 4.47 Å². The standard InChI is InChI=1S/C11H7Br2NO4/c12-5-3-7(13)8(14-4-5)9(15)10-6(11(16)17)1-2-18-10/h1-4,9,15H,(H,16,17). The van der Waals surface area contributed by atoms with Crippen molar-refractivity contribution in [1.29, 1.82) is 0 Å². The van der Waals surface area contributed by atoms with Crippen LogP contribution in [0.25, 0.3) is 0 Å². The monoisotopic (exact) mass is 375 g/mol. The van der Waals surface area contributed by atoms with E-state index in [2.05, 4.69) is 36.8 Å². The lowest BCUT2D eigenvalue weighted by atomic mass is 10.1. The van der Waals surface area contributed by atoms with Crippen LogP contribution in [0.4, 0.5) is 0 Å². The van der Waals surface area contributed by atoms with E-state index < -0.39 is 12.1 Å². The van der Waals surface area contributed by atoms with Gasteiger partial charge in [-0.25, -0.2) is 4.79 Å². The molecule has 2 aromatic heterocycles. The Hall–Kier alpha value is -1.18. The van der Waals surface area contributed by atoms with Gasteiger partial charge in [-0.05, 0) is 44.0 Å². The topological polar surface area (TPSA) is 83.6 Å². The van der Waals surface area contributed by atoms with Crippen LogP contribution in [0.3, 0.4) is 0 Å². The molecule has 7 heteroatoms. The van der Waals surface area contributed by atoms with Crippen LogP contribution in [0, 0.1) is 0 Å². The summed E-state index contributed by atoms with van der Waals surface area (Å²) in [6.45, 7) is 0. The van der Waals surface area contributed by atoms with Crippen LogP contribution in [-0.2, 0) is 0 Å². The van der Waals surface area contributed by atoms with Crippen LogP contribution in [0.2, 0.25) is 0 Å². The molecule has 0 aromatic carbocycles. The normalized spacial score (nSPS) is 12.4. The Kier molecular flexibility index (Phi) is 3.84. The van der Waals surface area contributed by atoms with Gasteiger partial charge in [0.05, 0.1) is 12.0 Å². The molecule has 0 aliphatic carbocycles. The van der Waals surface area contributed by atoms with Crippen molar-refractivity contribution in [2.75, 3.05) is 0 Å². The molecule has 0 radical (unpaired) electrons. The number of aromatic carboxylic acids is 1. The smallest absolute Gasteiger partial charge is 0.339 e. The van der Waals surface area contributed by atoms with E-state index in [4.69, 9.17) is 9.52 Å². The lowest BCUT2D eigenvalue weighted by Crippen LogP contribution is -2.07. The summed E-state index contributed by atoms with van der Waals surface area (Å²) >= 11 is 6.49. The van der Waals surface area contributed by atoms with E-state index in [9.17, 15) is 9.90 Å². The van der Waals surface area contributed by atoms with Crippen LogP contribution < -0.4 is 0 Å². The van der Waals surface area contributed by atoms with E-state index in [-0.39, 0.29) is 17.0 Å². The predicted molar refractivity (Wildman–Crippen MR) is 69.4 cm³/mol. The molecular weight excluding hydrogens is 370 g/mol. The molecule has 2 aromatic rings. The van der Waals surface area contributed by atoms with Crippen LogP contribution in [-0.4, -0.2) is 21.2 Å². The number of halogens is 2. The van der Waals surface area contributed by atoms with E-state index >= 15 is 0 Å². The molecule has 0 spiro atoms. The highest BCUT2D eigenvalue weighted by molar-refractivity contribution is 9.11. The van der Waals surface area contributed by atoms with Gasteiger partial charge in [-0.3, -0.25) is 4.98 Å². The van der Waals surface area contributed by atoms with Gasteiger partial charge in [0.25, 0.3) is 0 Å². The number of carboxylic acid groups (broad SMARTS) is 1. The number of hydrogen-bond donors (Lipinski definition) is 2. The third-order valence-electron chi connectivity index (χ3n) is 2.27. The molecule has 0 bridgehead atoms. The van der Waals surface area contributed by atoms with Crippen LogP contribution in [0.1, 0.15) is 27.9 Å². The van der Waals surface area contributed by atoms with Crippen molar-refractivity contribution in [2.45, 2.75) is 6.10 Å². The van der Waals surface area contributed by atoms with Gasteiger partial charge < -0.3 is 14.6 Å². The highest BCUT2D eigenvalue weighted by Gasteiger charge is 2.24.